The van der Waals surface area contributed by atoms with Gasteiger partial charge in [-0.15, -0.1) is 0 Å². The van der Waals surface area contributed by atoms with Gasteiger partial charge in [-0.2, -0.15) is 0 Å². The standard InChI is InChI=1S/C15H18N4O6/c1-5-24-19-12(9-17-23-4)10(2)18-25-14-11(7-6-8-16-14)13(20)15(21)22-3/h6-9H,5H2,1-4H3. The van der Waals surface area contributed by atoms with E-state index in [0.29, 0.717) is 6.61 Å². The lowest BCUT2D eigenvalue weighted by molar-refractivity contribution is -0.135. The van der Waals surface area contributed by atoms with Crippen LogP contribution >= 0.6 is 0 Å². The van der Waals surface area contributed by atoms with Crippen molar-refractivity contribution in [1.29, 1.82) is 0 Å². The Morgan fingerprint density at radius 1 is 1.28 bits per heavy atom. The average Bonchev–Trinajstić information content (AvgIpc) is 2.65. The van der Waals surface area contributed by atoms with Crippen molar-refractivity contribution in [2.75, 3.05) is 20.8 Å². The van der Waals surface area contributed by atoms with Gasteiger partial charge in [-0.3, -0.25) is 4.79 Å². The molecule has 0 fully saturated rings. The van der Waals surface area contributed by atoms with Gasteiger partial charge in [0.25, 0.3) is 11.7 Å². The van der Waals surface area contributed by atoms with Crippen molar-refractivity contribution < 1.29 is 28.8 Å². The lowest BCUT2D eigenvalue weighted by Crippen LogP contribution is -2.18. The first-order valence-corrected chi connectivity index (χ1v) is 7.11. The van der Waals surface area contributed by atoms with Crippen LogP contribution in [0.4, 0.5) is 0 Å². The molecule has 0 saturated heterocycles. The number of esters is 1. The van der Waals surface area contributed by atoms with Gasteiger partial charge in [0.05, 0.1) is 18.9 Å². The van der Waals surface area contributed by atoms with Gasteiger partial charge in [-0.05, 0) is 26.0 Å². The Labute approximate surface area is 144 Å². The Bertz CT molecular complexity index is 699. The minimum atomic E-state index is -1.04. The zero-order valence-electron chi connectivity index (χ0n) is 14.3. The summed E-state index contributed by atoms with van der Waals surface area (Å²) in [7, 11) is 2.47. The first-order chi connectivity index (χ1) is 12.0. The molecule has 0 amide bonds. The SMILES string of the molecule is CCON=C(C=NOC)C(C)=NOc1ncccc1C(=O)C(=O)OC. The van der Waals surface area contributed by atoms with Gasteiger partial charge in [0.15, 0.2) is 0 Å². The first-order valence-electron chi connectivity index (χ1n) is 7.11. The van der Waals surface area contributed by atoms with Crippen LogP contribution in [0.25, 0.3) is 0 Å². The predicted molar refractivity (Wildman–Crippen MR) is 88.9 cm³/mol. The number of hydrogen-bond acceptors (Lipinski definition) is 10. The molecule has 0 radical (unpaired) electrons. The molecule has 0 aliphatic rings. The summed E-state index contributed by atoms with van der Waals surface area (Å²) < 4.78 is 4.40. The Kier molecular flexibility index (Phi) is 8.27. The average molecular weight is 350 g/mol. The van der Waals surface area contributed by atoms with E-state index in [1.165, 1.54) is 31.7 Å². The highest BCUT2D eigenvalue weighted by Gasteiger charge is 2.22. The fourth-order valence-corrected chi connectivity index (χ4v) is 1.42. The quantitative estimate of drug-likeness (QED) is 0.216. The number of aromatic nitrogens is 1. The predicted octanol–water partition coefficient (Wildman–Crippen LogP) is 1.22. The van der Waals surface area contributed by atoms with Crippen LogP contribution in [0.3, 0.4) is 0 Å². The highest BCUT2D eigenvalue weighted by Crippen LogP contribution is 2.16. The molecule has 0 aliphatic carbocycles. The van der Waals surface area contributed by atoms with Crippen LogP contribution in [0.1, 0.15) is 24.2 Å². The number of ether oxygens (including phenoxy) is 1. The van der Waals surface area contributed by atoms with Crippen LogP contribution in [-0.4, -0.2) is 55.2 Å². The maximum Gasteiger partial charge on any atom is 0.379 e. The van der Waals surface area contributed by atoms with E-state index in [1.807, 2.05) is 0 Å². The van der Waals surface area contributed by atoms with Crippen LogP contribution in [0.15, 0.2) is 33.8 Å². The fourth-order valence-electron chi connectivity index (χ4n) is 1.42. The number of carbonyl (C=O) groups is 2. The molecule has 0 aromatic carbocycles. The molecule has 0 spiro atoms. The third-order valence-corrected chi connectivity index (χ3v) is 2.60. The Morgan fingerprint density at radius 3 is 2.68 bits per heavy atom. The highest BCUT2D eigenvalue weighted by molar-refractivity contribution is 6.62. The van der Waals surface area contributed by atoms with Crippen molar-refractivity contribution in [2.24, 2.45) is 15.5 Å². The number of hydrogen-bond donors (Lipinski definition) is 0. The Balaban J connectivity index is 3.05. The molecule has 0 bridgehead atoms. The zero-order chi connectivity index (χ0) is 18.7. The summed E-state index contributed by atoms with van der Waals surface area (Å²) in [4.78, 5) is 41.9. The summed E-state index contributed by atoms with van der Waals surface area (Å²) in [5, 5.41) is 11.2. The third-order valence-electron chi connectivity index (χ3n) is 2.60. The van der Waals surface area contributed by atoms with E-state index in [0.717, 1.165) is 7.11 Å². The molecule has 0 unspecified atom stereocenters. The fraction of sp³-hybridized carbons (Fsp3) is 0.333. The summed E-state index contributed by atoms with van der Waals surface area (Å²) in [5.41, 5.74) is 0.427. The lowest BCUT2D eigenvalue weighted by atomic mass is 10.2. The smallest absolute Gasteiger partial charge is 0.379 e. The number of ketones is 1. The molecule has 0 saturated carbocycles. The second kappa shape index (κ2) is 10.5. The van der Waals surface area contributed by atoms with E-state index in [1.54, 1.807) is 13.8 Å². The van der Waals surface area contributed by atoms with Crippen LogP contribution in [0.2, 0.25) is 0 Å². The summed E-state index contributed by atoms with van der Waals surface area (Å²) in [6.45, 7) is 3.68. The van der Waals surface area contributed by atoms with Gasteiger partial charge < -0.3 is 19.2 Å². The summed E-state index contributed by atoms with van der Waals surface area (Å²) in [6, 6.07) is 2.85. The highest BCUT2D eigenvalue weighted by atomic mass is 16.6. The van der Waals surface area contributed by atoms with Gasteiger partial charge >= 0.3 is 5.97 Å². The minimum absolute atomic E-state index is 0.0836. The number of methoxy groups -OCH3 is 1. The molecule has 10 nitrogen and oxygen atoms in total. The largest absolute Gasteiger partial charge is 0.463 e. The van der Waals surface area contributed by atoms with Gasteiger partial charge in [0.1, 0.15) is 25.1 Å². The molecule has 1 aromatic heterocycles. The third kappa shape index (κ3) is 6.01. The van der Waals surface area contributed by atoms with Crippen LogP contribution in [0, 0.1) is 0 Å². The number of oxime groups is 3. The van der Waals surface area contributed by atoms with Crippen molar-refractivity contribution in [3.8, 4) is 5.88 Å². The molecule has 134 valence electrons. The monoisotopic (exact) mass is 350 g/mol. The molecule has 10 heteroatoms. The van der Waals surface area contributed by atoms with Gasteiger partial charge in [0, 0.05) is 6.20 Å². The van der Waals surface area contributed by atoms with Crippen molar-refractivity contribution in [3.63, 3.8) is 0 Å². The molecule has 0 aliphatic heterocycles. The van der Waals surface area contributed by atoms with E-state index >= 15 is 0 Å². The summed E-state index contributed by atoms with van der Waals surface area (Å²) in [6.07, 6.45) is 2.66. The van der Waals surface area contributed by atoms with Crippen molar-refractivity contribution in [3.05, 3.63) is 23.9 Å². The maximum atomic E-state index is 11.9. The van der Waals surface area contributed by atoms with E-state index in [-0.39, 0.29) is 22.9 Å². The molecule has 1 rings (SSSR count). The minimum Gasteiger partial charge on any atom is -0.463 e. The molecule has 0 N–H and O–H groups in total. The van der Waals surface area contributed by atoms with Gasteiger partial charge in [-0.1, -0.05) is 15.5 Å². The molecular weight excluding hydrogens is 332 g/mol. The first kappa shape index (κ1) is 19.7. The second-order valence-electron chi connectivity index (χ2n) is 4.26. The molecule has 0 atom stereocenters. The number of nitrogens with zero attached hydrogens (tertiary/aromatic N) is 4. The van der Waals surface area contributed by atoms with Crippen molar-refractivity contribution in [2.45, 2.75) is 13.8 Å². The molecule has 1 aromatic rings. The van der Waals surface area contributed by atoms with Crippen LogP contribution < -0.4 is 4.84 Å². The van der Waals surface area contributed by atoms with E-state index in [9.17, 15) is 9.59 Å². The normalized spacial score (nSPS) is 12.0. The second-order valence-corrected chi connectivity index (χ2v) is 4.26. The molecule has 25 heavy (non-hydrogen) atoms. The Hall–Kier alpha value is -3.30. The zero-order valence-corrected chi connectivity index (χ0v) is 14.3. The summed E-state index contributed by atoms with van der Waals surface area (Å²) in [5.74, 6) is -2.09. The maximum absolute atomic E-state index is 11.9. The van der Waals surface area contributed by atoms with Crippen molar-refractivity contribution in [1.82, 2.24) is 4.98 Å². The number of carbonyl (C=O) groups excluding carboxylic acids is 2. The van der Waals surface area contributed by atoms with Crippen molar-refractivity contribution >= 4 is 29.4 Å². The lowest BCUT2D eigenvalue weighted by Gasteiger charge is -2.05. The topological polar surface area (TPSA) is 121 Å². The van der Waals surface area contributed by atoms with E-state index in [2.05, 4.69) is 30.0 Å². The van der Waals surface area contributed by atoms with Gasteiger partial charge in [-0.25, -0.2) is 9.78 Å². The van der Waals surface area contributed by atoms with Gasteiger partial charge in [0.2, 0.25) is 0 Å². The van der Waals surface area contributed by atoms with E-state index < -0.39 is 11.8 Å². The van der Waals surface area contributed by atoms with E-state index in [4.69, 9.17) is 9.68 Å². The Morgan fingerprint density at radius 2 is 2.04 bits per heavy atom. The van der Waals surface area contributed by atoms with Crippen LogP contribution in [-0.2, 0) is 19.2 Å². The summed E-state index contributed by atoms with van der Waals surface area (Å²) >= 11 is 0. The molecule has 1 heterocycles. The number of Topliss-reactive ketones (excluding diaryl/α,β-unsaturated/α-hetero) is 1. The number of rotatable bonds is 9. The van der Waals surface area contributed by atoms with Crippen LogP contribution in [0.5, 0.6) is 5.88 Å². The molecular formula is C15H18N4O6. The number of pyridine rings is 1.